The van der Waals surface area contributed by atoms with E-state index < -0.39 is 15.0 Å². The quantitative estimate of drug-likeness (QED) is 0.595. The van der Waals surface area contributed by atoms with Gasteiger partial charge in [-0.2, -0.15) is 0 Å². The number of rotatable bonds is 4. The maximum absolute atomic E-state index is 11.7. The minimum atomic E-state index is -3.94. The molecule has 0 bridgehead atoms. The summed E-state index contributed by atoms with van der Waals surface area (Å²) in [5.74, 6) is -0.690. The maximum atomic E-state index is 11.7. The van der Waals surface area contributed by atoms with Gasteiger partial charge in [-0.15, -0.1) is 0 Å². The van der Waals surface area contributed by atoms with Gasteiger partial charge in [0.15, 0.2) is 0 Å². The van der Waals surface area contributed by atoms with Crippen LogP contribution in [0.3, 0.4) is 0 Å². The van der Waals surface area contributed by atoms with Crippen molar-refractivity contribution in [3.8, 4) is 0 Å². The van der Waals surface area contributed by atoms with Crippen molar-refractivity contribution < 1.29 is 17.9 Å². The van der Waals surface area contributed by atoms with Gasteiger partial charge >= 0.3 is 5.97 Å². The number of hydrogen-bond donors (Lipinski definition) is 0. The van der Waals surface area contributed by atoms with Crippen LogP contribution in [0.5, 0.6) is 0 Å². The van der Waals surface area contributed by atoms with E-state index in [4.69, 9.17) is 27.0 Å². The molecule has 0 saturated heterocycles. The molecule has 8 heteroatoms. The summed E-state index contributed by atoms with van der Waals surface area (Å²) < 4.78 is 27.6. The minimum absolute atomic E-state index is 0.0429. The number of carbonyl (C=O) groups excluding carboxylic acids is 1. The zero-order valence-electron chi connectivity index (χ0n) is 9.24. The van der Waals surface area contributed by atoms with Gasteiger partial charge in [0.2, 0.25) is 0 Å². The highest BCUT2D eigenvalue weighted by molar-refractivity contribution is 9.10. The second-order valence-electron chi connectivity index (χ2n) is 3.34. The third kappa shape index (κ3) is 3.85. The molecule has 0 amide bonds. The van der Waals surface area contributed by atoms with Crippen LogP contribution in [0.4, 0.5) is 0 Å². The second-order valence-corrected chi connectivity index (χ2v) is 7.14. The normalized spacial score (nSPS) is 11.3. The summed E-state index contributed by atoms with van der Waals surface area (Å²) in [5, 5.41) is 0.0835. The summed E-state index contributed by atoms with van der Waals surface area (Å²) in [5.41, 5.74) is -0.0429. The van der Waals surface area contributed by atoms with E-state index in [1.165, 1.54) is 6.07 Å². The van der Waals surface area contributed by atoms with Crippen LogP contribution in [0.15, 0.2) is 21.5 Å². The first kappa shape index (κ1) is 15.8. The molecule has 0 aliphatic carbocycles. The Bertz CT molecular complexity index is 571. The van der Waals surface area contributed by atoms with Gasteiger partial charge in [-0.3, -0.25) is 0 Å². The highest BCUT2D eigenvalue weighted by atomic mass is 79.9. The van der Waals surface area contributed by atoms with Crippen molar-refractivity contribution in [1.82, 2.24) is 0 Å². The van der Waals surface area contributed by atoms with Crippen molar-refractivity contribution in [2.24, 2.45) is 0 Å². The van der Waals surface area contributed by atoms with Crippen LogP contribution in [0.2, 0.25) is 5.02 Å². The van der Waals surface area contributed by atoms with Crippen LogP contribution in [-0.2, 0) is 13.8 Å². The topological polar surface area (TPSA) is 60.4 Å². The molecule has 0 aliphatic heterocycles. The molecule has 1 aromatic carbocycles. The summed E-state index contributed by atoms with van der Waals surface area (Å²) in [6.07, 6.45) is 0.651. The molecule has 0 fully saturated rings. The van der Waals surface area contributed by atoms with Gasteiger partial charge in [0.1, 0.15) is 0 Å². The number of hydrogen-bond acceptors (Lipinski definition) is 4. The fourth-order valence-corrected chi connectivity index (χ4v) is 2.71. The van der Waals surface area contributed by atoms with Gasteiger partial charge in [0, 0.05) is 15.2 Å². The summed E-state index contributed by atoms with van der Waals surface area (Å²) in [6, 6.07) is 2.31. The van der Waals surface area contributed by atoms with E-state index in [9.17, 15) is 13.2 Å². The van der Waals surface area contributed by atoms with E-state index in [0.717, 1.165) is 6.07 Å². The van der Waals surface area contributed by atoms with Crippen molar-refractivity contribution in [2.75, 3.05) is 6.61 Å². The van der Waals surface area contributed by atoms with Crippen molar-refractivity contribution in [2.45, 2.75) is 18.2 Å². The number of halogens is 3. The van der Waals surface area contributed by atoms with E-state index in [2.05, 4.69) is 15.9 Å². The van der Waals surface area contributed by atoms with Crippen molar-refractivity contribution in [3.63, 3.8) is 0 Å². The van der Waals surface area contributed by atoms with Gasteiger partial charge in [0.25, 0.3) is 9.05 Å². The van der Waals surface area contributed by atoms with E-state index in [1.807, 2.05) is 6.92 Å². The van der Waals surface area contributed by atoms with E-state index in [0.29, 0.717) is 6.42 Å². The maximum Gasteiger partial charge on any atom is 0.339 e. The zero-order chi connectivity index (χ0) is 13.9. The molecule has 0 saturated carbocycles. The van der Waals surface area contributed by atoms with Crippen LogP contribution in [0.25, 0.3) is 0 Å². The molecule has 0 aliphatic rings. The van der Waals surface area contributed by atoms with Crippen molar-refractivity contribution >= 4 is 53.2 Å². The lowest BCUT2D eigenvalue weighted by atomic mass is 10.2. The van der Waals surface area contributed by atoms with Gasteiger partial charge in [-0.1, -0.05) is 18.5 Å². The summed E-state index contributed by atoms with van der Waals surface area (Å²) in [7, 11) is 1.28. The number of carbonyl (C=O) groups is 1. The van der Waals surface area contributed by atoms with Crippen LogP contribution < -0.4 is 0 Å². The molecule has 0 heterocycles. The van der Waals surface area contributed by atoms with Crippen LogP contribution in [-0.4, -0.2) is 21.0 Å². The Hall–Kier alpha value is -0.300. The van der Waals surface area contributed by atoms with Gasteiger partial charge < -0.3 is 4.74 Å². The Kier molecular flexibility index (Phi) is 5.46. The predicted molar refractivity (Wildman–Crippen MR) is 72.8 cm³/mol. The molecule has 0 aromatic heterocycles. The standard InChI is InChI=1S/C10H9BrCl2O4S/c1-2-3-17-10(14)7-4-6(18(13,15)16)5-8(11)9(7)12/h4-5H,2-3H2,1H3. The summed E-state index contributed by atoms with van der Waals surface area (Å²) >= 11 is 8.97. The fraction of sp³-hybridized carbons (Fsp3) is 0.300. The molecule has 0 radical (unpaired) electrons. The highest BCUT2D eigenvalue weighted by Crippen LogP contribution is 2.31. The molecule has 100 valence electrons. The lowest BCUT2D eigenvalue weighted by Crippen LogP contribution is -2.08. The first-order valence-electron chi connectivity index (χ1n) is 4.88. The first-order valence-corrected chi connectivity index (χ1v) is 8.36. The first-order chi connectivity index (χ1) is 8.27. The number of ether oxygens (including phenoxy) is 1. The SMILES string of the molecule is CCCOC(=O)c1cc(S(=O)(=O)Cl)cc(Br)c1Cl. The molecule has 0 unspecified atom stereocenters. The monoisotopic (exact) mass is 374 g/mol. The molecule has 1 rings (SSSR count). The average molecular weight is 376 g/mol. The Labute approximate surface area is 123 Å². The molecule has 0 N–H and O–H groups in total. The molecular weight excluding hydrogens is 367 g/mol. The fourth-order valence-electron chi connectivity index (χ4n) is 1.13. The Morgan fingerprint density at radius 1 is 1.44 bits per heavy atom. The summed E-state index contributed by atoms with van der Waals surface area (Å²) in [6.45, 7) is 2.06. The largest absolute Gasteiger partial charge is 0.462 e. The lowest BCUT2D eigenvalue weighted by Gasteiger charge is -2.08. The van der Waals surface area contributed by atoms with Crippen LogP contribution in [0.1, 0.15) is 23.7 Å². The Balaban J connectivity index is 3.27. The van der Waals surface area contributed by atoms with Gasteiger partial charge in [-0.05, 0) is 34.5 Å². The van der Waals surface area contributed by atoms with E-state index >= 15 is 0 Å². The molecule has 0 spiro atoms. The third-order valence-electron chi connectivity index (χ3n) is 1.94. The third-order valence-corrected chi connectivity index (χ3v) is 4.53. The highest BCUT2D eigenvalue weighted by Gasteiger charge is 2.20. The molecular formula is C10H9BrCl2O4S. The van der Waals surface area contributed by atoms with Crippen molar-refractivity contribution in [1.29, 1.82) is 0 Å². The Morgan fingerprint density at radius 3 is 2.56 bits per heavy atom. The average Bonchev–Trinajstić information content (AvgIpc) is 2.27. The molecule has 0 atom stereocenters. The predicted octanol–water partition coefficient (Wildman–Crippen LogP) is 3.60. The summed E-state index contributed by atoms with van der Waals surface area (Å²) in [4.78, 5) is 11.5. The number of benzene rings is 1. The zero-order valence-corrected chi connectivity index (χ0v) is 13.2. The van der Waals surface area contributed by atoms with Gasteiger partial charge in [0.05, 0.1) is 22.1 Å². The lowest BCUT2D eigenvalue weighted by molar-refractivity contribution is 0.0505. The van der Waals surface area contributed by atoms with E-state index in [-0.39, 0.29) is 26.6 Å². The molecule has 18 heavy (non-hydrogen) atoms. The van der Waals surface area contributed by atoms with Gasteiger partial charge in [-0.25, -0.2) is 13.2 Å². The van der Waals surface area contributed by atoms with E-state index in [1.54, 1.807) is 0 Å². The van der Waals surface area contributed by atoms with Crippen LogP contribution >= 0.6 is 38.2 Å². The minimum Gasteiger partial charge on any atom is -0.462 e. The van der Waals surface area contributed by atoms with Crippen LogP contribution in [0, 0.1) is 0 Å². The van der Waals surface area contributed by atoms with Crippen molar-refractivity contribution in [3.05, 3.63) is 27.2 Å². The smallest absolute Gasteiger partial charge is 0.339 e. The molecule has 4 nitrogen and oxygen atoms in total. The number of esters is 1. The molecule has 1 aromatic rings. The second kappa shape index (κ2) is 6.23. The Morgan fingerprint density at radius 2 is 2.06 bits per heavy atom.